The monoisotopic (exact) mass is 346 g/mol. The zero-order chi connectivity index (χ0) is 18.9. The van der Waals surface area contributed by atoms with Crippen LogP contribution in [-0.2, 0) is 4.79 Å². The summed E-state index contributed by atoms with van der Waals surface area (Å²) < 4.78 is 5.30. The summed E-state index contributed by atoms with van der Waals surface area (Å²) in [6.45, 7) is 4.75. The number of nitrogens with one attached hydrogen (secondary N) is 1. The highest BCUT2D eigenvalue weighted by molar-refractivity contribution is 6.07. The Hall–Kier alpha value is -2.83. The molecule has 0 fully saturated rings. The molecule has 2 rings (SSSR count). The third-order valence-electron chi connectivity index (χ3n) is 3.99. The molecule has 2 aromatic rings. The van der Waals surface area contributed by atoms with Crippen LogP contribution in [0.25, 0.3) is 11.0 Å². The number of benzene rings is 1. The lowest BCUT2D eigenvalue weighted by atomic mass is 10.0. The molecule has 0 radical (unpaired) electrons. The van der Waals surface area contributed by atoms with E-state index in [9.17, 15) is 19.5 Å². The number of carboxylic acid groups (broad SMARTS) is 1. The summed E-state index contributed by atoms with van der Waals surface area (Å²) in [5.41, 5.74) is 0.348. The van der Waals surface area contributed by atoms with Crippen LogP contribution in [0.4, 0.5) is 11.4 Å². The molecule has 0 aliphatic heterocycles. The Balaban J connectivity index is 2.77. The first-order valence-electron chi connectivity index (χ1n) is 7.92. The first kappa shape index (κ1) is 18.5. The van der Waals surface area contributed by atoms with E-state index in [1.165, 1.54) is 6.92 Å². The molecule has 25 heavy (non-hydrogen) atoms. The molecule has 0 bridgehead atoms. The maximum atomic E-state index is 12.3. The normalized spacial score (nSPS) is 12.2. The Labute approximate surface area is 145 Å². The third kappa shape index (κ3) is 3.65. The second kappa shape index (κ2) is 6.96. The third-order valence-corrected chi connectivity index (χ3v) is 3.99. The smallest absolute Gasteiger partial charge is 0.349 e. The van der Waals surface area contributed by atoms with Crippen molar-refractivity contribution in [2.75, 3.05) is 24.3 Å². The first-order chi connectivity index (χ1) is 11.6. The molecule has 1 aromatic heterocycles. The van der Waals surface area contributed by atoms with E-state index in [0.717, 1.165) is 5.69 Å². The molecule has 1 atom stereocenters. The lowest BCUT2D eigenvalue weighted by Crippen LogP contribution is -2.35. The minimum Gasteiger partial charge on any atom is -0.480 e. The summed E-state index contributed by atoms with van der Waals surface area (Å²) in [5.74, 6) is -1.79. The van der Waals surface area contributed by atoms with E-state index in [1.807, 2.05) is 25.1 Å². The number of carbonyl (C=O) groups is 2. The average Bonchev–Trinajstić information content (AvgIpc) is 2.49. The number of hydrogen-bond acceptors (Lipinski definition) is 6. The van der Waals surface area contributed by atoms with Crippen molar-refractivity contribution in [2.24, 2.45) is 5.92 Å². The van der Waals surface area contributed by atoms with E-state index in [-0.39, 0.29) is 22.8 Å². The van der Waals surface area contributed by atoms with Crippen LogP contribution in [0.5, 0.6) is 0 Å². The Morgan fingerprint density at radius 1 is 1.24 bits per heavy atom. The van der Waals surface area contributed by atoms with Gasteiger partial charge in [-0.05, 0) is 25.0 Å². The number of carbonyl (C=O) groups excluding carboxylic acids is 1. The fraction of sp³-hybridized carbons (Fsp3) is 0.389. The van der Waals surface area contributed by atoms with Gasteiger partial charge in [0.15, 0.2) is 5.78 Å². The van der Waals surface area contributed by atoms with Crippen LogP contribution >= 0.6 is 0 Å². The fourth-order valence-corrected chi connectivity index (χ4v) is 2.61. The van der Waals surface area contributed by atoms with Crippen LogP contribution in [0.1, 0.15) is 31.1 Å². The molecule has 1 heterocycles. The zero-order valence-corrected chi connectivity index (χ0v) is 14.9. The second-order valence-corrected chi connectivity index (χ2v) is 6.47. The summed E-state index contributed by atoms with van der Waals surface area (Å²) in [5, 5.41) is 12.8. The van der Waals surface area contributed by atoms with Crippen molar-refractivity contribution < 1.29 is 19.1 Å². The minimum atomic E-state index is -1.06. The van der Waals surface area contributed by atoms with E-state index >= 15 is 0 Å². The standard InChI is InChI=1S/C18H22N2O5/c1-9(2)15(17(22)23)19-16-12-7-6-11(20(4)5)8-13(12)25-18(24)14(16)10(3)21/h6-9,15,19H,1-5H3,(H,22,23)/t15-/m0/s1. The first-order valence-corrected chi connectivity index (χ1v) is 7.92. The van der Waals surface area contributed by atoms with Gasteiger partial charge in [0.05, 0.1) is 5.69 Å². The number of carboxylic acids is 1. The van der Waals surface area contributed by atoms with Gasteiger partial charge in [0.1, 0.15) is 17.2 Å². The minimum absolute atomic E-state index is 0.169. The highest BCUT2D eigenvalue weighted by Crippen LogP contribution is 2.30. The summed E-state index contributed by atoms with van der Waals surface area (Å²) in [4.78, 5) is 37.7. The predicted octanol–water partition coefficient (Wildman–Crippen LogP) is 2.58. The van der Waals surface area contributed by atoms with E-state index in [2.05, 4.69) is 5.32 Å². The van der Waals surface area contributed by atoms with Gasteiger partial charge >= 0.3 is 11.6 Å². The fourth-order valence-electron chi connectivity index (χ4n) is 2.61. The number of rotatable bonds is 6. The number of hydrogen-bond donors (Lipinski definition) is 2. The van der Waals surface area contributed by atoms with Crippen LogP contribution in [0.2, 0.25) is 0 Å². The molecule has 134 valence electrons. The highest BCUT2D eigenvalue weighted by Gasteiger charge is 2.26. The maximum Gasteiger partial charge on any atom is 0.349 e. The maximum absolute atomic E-state index is 12.3. The lowest BCUT2D eigenvalue weighted by Gasteiger charge is -2.22. The lowest BCUT2D eigenvalue weighted by molar-refractivity contribution is -0.138. The number of aliphatic carboxylic acids is 1. The molecule has 0 saturated carbocycles. The molecule has 2 N–H and O–H groups in total. The number of ketones is 1. The Morgan fingerprint density at radius 3 is 2.36 bits per heavy atom. The molecule has 7 heteroatoms. The van der Waals surface area contributed by atoms with Gasteiger partial charge in [0, 0.05) is 31.2 Å². The molecule has 0 spiro atoms. The largest absolute Gasteiger partial charge is 0.480 e. The van der Waals surface area contributed by atoms with Gasteiger partial charge in [0.25, 0.3) is 0 Å². The number of anilines is 2. The van der Waals surface area contributed by atoms with Gasteiger partial charge < -0.3 is 19.7 Å². The van der Waals surface area contributed by atoms with Crippen molar-refractivity contribution in [3.8, 4) is 0 Å². The number of Topliss-reactive ketones (excluding diaryl/α,β-unsaturated/α-hetero) is 1. The van der Waals surface area contributed by atoms with Crippen molar-refractivity contribution in [1.29, 1.82) is 0 Å². The SMILES string of the molecule is CC(=O)c1c(N[C@H](C(=O)O)C(C)C)c2ccc(N(C)C)cc2oc1=O. The van der Waals surface area contributed by atoms with Crippen molar-refractivity contribution in [1.82, 2.24) is 0 Å². The zero-order valence-electron chi connectivity index (χ0n) is 14.9. The topological polar surface area (TPSA) is 99.8 Å². The van der Waals surface area contributed by atoms with Crippen LogP contribution in [0.15, 0.2) is 27.4 Å². The number of fused-ring (bicyclic) bond motifs is 1. The van der Waals surface area contributed by atoms with Crippen LogP contribution in [0.3, 0.4) is 0 Å². The van der Waals surface area contributed by atoms with Crippen LogP contribution in [-0.4, -0.2) is 37.0 Å². The van der Waals surface area contributed by atoms with Gasteiger partial charge in [-0.3, -0.25) is 4.79 Å². The molecule has 0 unspecified atom stereocenters. The summed E-state index contributed by atoms with van der Waals surface area (Å²) in [6, 6.07) is 4.25. The quantitative estimate of drug-likeness (QED) is 0.612. The number of nitrogens with zero attached hydrogens (tertiary/aromatic N) is 1. The van der Waals surface area contributed by atoms with E-state index < -0.39 is 23.4 Å². The van der Waals surface area contributed by atoms with Crippen molar-refractivity contribution in [2.45, 2.75) is 26.8 Å². The Kier molecular flexibility index (Phi) is 5.15. The second-order valence-electron chi connectivity index (χ2n) is 6.47. The van der Waals surface area contributed by atoms with Gasteiger partial charge in [0.2, 0.25) is 0 Å². The highest BCUT2D eigenvalue weighted by atomic mass is 16.4. The van der Waals surface area contributed by atoms with Gasteiger partial charge in [-0.15, -0.1) is 0 Å². The molecular formula is C18H22N2O5. The molecule has 0 saturated heterocycles. The molecule has 1 aromatic carbocycles. The Bertz CT molecular complexity index is 883. The van der Waals surface area contributed by atoms with Crippen LogP contribution < -0.4 is 15.8 Å². The van der Waals surface area contributed by atoms with E-state index in [4.69, 9.17) is 4.42 Å². The molecule has 0 aliphatic rings. The van der Waals surface area contributed by atoms with Gasteiger partial charge in [-0.1, -0.05) is 13.8 Å². The van der Waals surface area contributed by atoms with Gasteiger partial charge in [-0.25, -0.2) is 9.59 Å². The summed E-state index contributed by atoms with van der Waals surface area (Å²) >= 11 is 0. The Morgan fingerprint density at radius 2 is 1.88 bits per heavy atom. The van der Waals surface area contributed by atoms with Gasteiger partial charge in [-0.2, -0.15) is 0 Å². The van der Waals surface area contributed by atoms with E-state index in [1.54, 1.807) is 26.0 Å². The van der Waals surface area contributed by atoms with Crippen molar-refractivity contribution in [3.05, 3.63) is 34.2 Å². The van der Waals surface area contributed by atoms with E-state index in [0.29, 0.717) is 5.39 Å². The molecule has 0 aliphatic carbocycles. The predicted molar refractivity (Wildman–Crippen MR) is 96.7 cm³/mol. The van der Waals surface area contributed by atoms with Crippen molar-refractivity contribution >= 4 is 34.1 Å². The summed E-state index contributed by atoms with van der Waals surface area (Å²) in [6.07, 6.45) is 0. The summed E-state index contributed by atoms with van der Waals surface area (Å²) in [7, 11) is 3.70. The molecule has 0 amide bonds. The average molecular weight is 346 g/mol. The van der Waals surface area contributed by atoms with Crippen molar-refractivity contribution in [3.63, 3.8) is 0 Å². The molecular weight excluding hydrogens is 324 g/mol. The molecule has 7 nitrogen and oxygen atoms in total. The van der Waals surface area contributed by atoms with Crippen LogP contribution in [0, 0.1) is 5.92 Å².